The second-order valence-electron chi connectivity index (χ2n) is 11.6. The number of rotatable bonds is 12. The van der Waals surface area contributed by atoms with Crippen molar-refractivity contribution in [1.29, 1.82) is 0 Å². The fraction of sp³-hybridized carbons (Fsp3) is 0.852. The fourth-order valence-electron chi connectivity index (χ4n) is 5.62. The molecule has 0 aromatic rings. The number of methoxy groups -OCH3 is 1. The number of carbonyl (C=O) groups excluding carboxylic acids is 2. The Kier molecular flexibility index (Phi) is 9.46. The SMILES string of the molecule is CO[C@H]1C([C@]2(C)O[C@@H]2CC=C(C)C)[C@]2(CC[C@H]1OC(=O)N[C@@H](C(=O)NCCCN(C)C)C(C)C)CO2. The van der Waals surface area contributed by atoms with E-state index in [0.29, 0.717) is 19.6 Å². The lowest BCUT2D eigenvalue weighted by Gasteiger charge is -2.42. The molecule has 2 N–H and O–H groups in total. The summed E-state index contributed by atoms with van der Waals surface area (Å²) in [5.74, 6) is -0.323. The lowest BCUT2D eigenvalue weighted by Crippen LogP contribution is -2.57. The van der Waals surface area contributed by atoms with Crippen molar-refractivity contribution >= 4 is 12.0 Å². The first-order chi connectivity index (χ1) is 16.9. The standard InChI is InChI=1S/C27H47N3O6/c1-17(2)10-11-20-26(5,36-20)23-22(33-8)19(12-13-27(23)16-34-27)35-25(32)29-21(18(3)4)24(31)28-14-9-15-30(6)7/h10,18-23H,9,11-16H2,1-8H3,(H,28,31)(H,29,32)/t19-,20-,21-,22-,23?,26-,27+/m1/s1. The second-order valence-corrected chi connectivity index (χ2v) is 11.6. The lowest BCUT2D eigenvalue weighted by atomic mass is 9.68. The van der Waals surface area contributed by atoms with E-state index in [9.17, 15) is 9.59 Å². The van der Waals surface area contributed by atoms with Gasteiger partial charge in [0.1, 0.15) is 29.5 Å². The topological polar surface area (TPSA) is 105 Å². The molecule has 7 atom stereocenters. The number of allylic oxidation sites excluding steroid dienone is 1. The minimum absolute atomic E-state index is 0.0435. The van der Waals surface area contributed by atoms with Crippen LogP contribution in [0.4, 0.5) is 4.79 Å². The van der Waals surface area contributed by atoms with Gasteiger partial charge in [-0.2, -0.15) is 0 Å². The first-order valence-corrected chi connectivity index (χ1v) is 13.3. The summed E-state index contributed by atoms with van der Waals surface area (Å²) in [7, 11) is 5.65. The van der Waals surface area contributed by atoms with Gasteiger partial charge in [0.05, 0.1) is 18.6 Å². The molecular formula is C27H47N3O6. The summed E-state index contributed by atoms with van der Waals surface area (Å²) in [4.78, 5) is 27.8. The maximum atomic E-state index is 13.0. The molecule has 0 radical (unpaired) electrons. The van der Waals surface area contributed by atoms with Crippen molar-refractivity contribution in [3.63, 3.8) is 0 Å². The molecule has 9 heteroatoms. The van der Waals surface area contributed by atoms with Gasteiger partial charge in [-0.15, -0.1) is 0 Å². The third-order valence-electron chi connectivity index (χ3n) is 7.80. The van der Waals surface area contributed by atoms with Crippen molar-refractivity contribution in [1.82, 2.24) is 15.5 Å². The predicted octanol–water partition coefficient (Wildman–Crippen LogP) is 2.88. The first kappa shape index (κ1) is 28.9. The van der Waals surface area contributed by atoms with Gasteiger partial charge < -0.3 is 34.5 Å². The molecular weight excluding hydrogens is 462 g/mol. The van der Waals surface area contributed by atoms with Crippen molar-refractivity contribution in [2.24, 2.45) is 11.8 Å². The van der Waals surface area contributed by atoms with Crippen molar-refractivity contribution < 1.29 is 28.5 Å². The summed E-state index contributed by atoms with van der Waals surface area (Å²) in [5.41, 5.74) is 0.587. The van der Waals surface area contributed by atoms with Gasteiger partial charge in [-0.1, -0.05) is 25.5 Å². The second kappa shape index (κ2) is 11.8. The smallest absolute Gasteiger partial charge is 0.408 e. The molecule has 0 aromatic heterocycles. The summed E-state index contributed by atoms with van der Waals surface area (Å²) >= 11 is 0. The predicted molar refractivity (Wildman–Crippen MR) is 138 cm³/mol. The van der Waals surface area contributed by atoms with Crippen molar-refractivity contribution in [3.8, 4) is 0 Å². The van der Waals surface area contributed by atoms with Crippen LogP contribution in [0.5, 0.6) is 0 Å². The Hall–Kier alpha value is -1.68. The van der Waals surface area contributed by atoms with E-state index in [2.05, 4.69) is 42.4 Å². The number of nitrogens with one attached hydrogen (secondary N) is 2. The van der Waals surface area contributed by atoms with Crippen LogP contribution in [-0.4, -0.2) is 93.4 Å². The molecule has 0 aromatic carbocycles. The zero-order valence-corrected chi connectivity index (χ0v) is 23.4. The Labute approximate surface area is 216 Å². The number of carbonyl (C=O) groups is 2. The van der Waals surface area contributed by atoms with Gasteiger partial charge in [0.15, 0.2) is 0 Å². The zero-order valence-electron chi connectivity index (χ0n) is 23.4. The van der Waals surface area contributed by atoms with Gasteiger partial charge in [-0.25, -0.2) is 4.79 Å². The average molecular weight is 510 g/mol. The van der Waals surface area contributed by atoms with E-state index in [4.69, 9.17) is 18.9 Å². The van der Waals surface area contributed by atoms with E-state index >= 15 is 0 Å². The zero-order chi connectivity index (χ0) is 26.7. The fourth-order valence-corrected chi connectivity index (χ4v) is 5.62. The molecule has 1 saturated carbocycles. The van der Waals surface area contributed by atoms with E-state index in [0.717, 1.165) is 25.8 Å². The summed E-state index contributed by atoms with van der Waals surface area (Å²) in [6, 6.07) is -0.673. The van der Waals surface area contributed by atoms with Crippen LogP contribution in [0, 0.1) is 11.8 Å². The molecule has 3 fully saturated rings. The summed E-state index contributed by atoms with van der Waals surface area (Å²) in [6.45, 7) is 12.2. The molecule has 206 valence electrons. The summed E-state index contributed by atoms with van der Waals surface area (Å²) < 4.78 is 24.1. The van der Waals surface area contributed by atoms with Crippen LogP contribution in [0.25, 0.3) is 0 Å². The quantitative estimate of drug-likeness (QED) is 0.237. The normalized spacial score (nSPS) is 33.8. The number of amides is 2. The number of hydrogen-bond donors (Lipinski definition) is 2. The molecule has 3 aliphatic rings. The third-order valence-corrected chi connectivity index (χ3v) is 7.80. The van der Waals surface area contributed by atoms with Crippen LogP contribution in [0.2, 0.25) is 0 Å². The molecule has 2 saturated heterocycles. The minimum atomic E-state index is -0.673. The molecule has 0 bridgehead atoms. The van der Waals surface area contributed by atoms with Crippen LogP contribution in [0.15, 0.2) is 11.6 Å². The van der Waals surface area contributed by atoms with E-state index in [1.165, 1.54) is 5.57 Å². The molecule has 1 aliphatic carbocycles. The maximum Gasteiger partial charge on any atom is 0.408 e. The van der Waals surface area contributed by atoms with E-state index < -0.39 is 23.8 Å². The number of nitrogens with zero attached hydrogens (tertiary/aromatic N) is 1. The van der Waals surface area contributed by atoms with Gasteiger partial charge in [-0.05, 0) is 73.0 Å². The Morgan fingerprint density at radius 3 is 2.50 bits per heavy atom. The van der Waals surface area contributed by atoms with Crippen LogP contribution in [0.3, 0.4) is 0 Å². The van der Waals surface area contributed by atoms with E-state index in [-0.39, 0.29) is 35.6 Å². The molecule has 1 spiro atoms. The van der Waals surface area contributed by atoms with E-state index in [1.54, 1.807) is 7.11 Å². The third kappa shape index (κ3) is 6.79. The Bertz CT molecular complexity index is 807. The van der Waals surface area contributed by atoms with E-state index in [1.807, 2.05) is 27.9 Å². The molecule has 2 aliphatic heterocycles. The van der Waals surface area contributed by atoms with Crippen LogP contribution < -0.4 is 10.6 Å². The molecule has 1 unspecified atom stereocenters. The maximum absolute atomic E-state index is 13.0. The summed E-state index contributed by atoms with van der Waals surface area (Å²) in [6.07, 6.45) is 3.98. The molecule has 2 amide bonds. The van der Waals surface area contributed by atoms with Gasteiger partial charge in [0, 0.05) is 13.7 Å². The van der Waals surface area contributed by atoms with Gasteiger partial charge >= 0.3 is 6.09 Å². The molecule has 3 rings (SSSR count). The molecule has 9 nitrogen and oxygen atoms in total. The van der Waals surface area contributed by atoms with Gasteiger partial charge in [-0.3, -0.25) is 4.79 Å². The molecule has 2 heterocycles. The molecule has 36 heavy (non-hydrogen) atoms. The first-order valence-electron chi connectivity index (χ1n) is 13.3. The highest BCUT2D eigenvalue weighted by atomic mass is 16.6. The van der Waals surface area contributed by atoms with Gasteiger partial charge in [0.25, 0.3) is 0 Å². The van der Waals surface area contributed by atoms with Crippen LogP contribution in [-0.2, 0) is 23.7 Å². The number of ether oxygens (including phenoxy) is 4. The highest BCUT2D eigenvalue weighted by molar-refractivity contribution is 5.85. The van der Waals surface area contributed by atoms with Crippen molar-refractivity contribution in [2.45, 2.75) is 95.9 Å². The Morgan fingerprint density at radius 1 is 1.25 bits per heavy atom. The highest BCUT2D eigenvalue weighted by Crippen LogP contribution is 2.59. The average Bonchev–Trinajstić information content (AvgIpc) is 3.71. The minimum Gasteiger partial charge on any atom is -0.443 e. The largest absolute Gasteiger partial charge is 0.443 e. The monoisotopic (exact) mass is 509 g/mol. The van der Waals surface area contributed by atoms with Crippen molar-refractivity contribution in [3.05, 3.63) is 11.6 Å². The Morgan fingerprint density at radius 2 is 1.94 bits per heavy atom. The van der Waals surface area contributed by atoms with Gasteiger partial charge in [0.2, 0.25) is 5.91 Å². The Balaban J connectivity index is 1.62. The van der Waals surface area contributed by atoms with Crippen LogP contribution in [0.1, 0.15) is 60.3 Å². The number of epoxide rings is 2. The highest BCUT2D eigenvalue weighted by Gasteiger charge is 2.72. The number of hydrogen-bond acceptors (Lipinski definition) is 7. The number of alkyl carbamates (subject to hydrolysis) is 1. The van der Waals surface area contributed by atoms with Crippen LogP contribution >= 0.6 is 0 Å². The lowest BCUT2D eigenvalue weighted by molar-refractivity contribution is -0.125. The summed E-state index contributed by atoms with van der Waals surface area (Å²) in [5, 5.41) is 5.72. The van der Waals surface area contributed by atoms with Crippen molar-refractivity contribution in [2.75, 3.05) is 40.9 Å².